The Labute approximate surface area is 111 Å². The second-order valence-corrected chi connectivity index (χ2v) is 4.44. The Morgan fingerprint density at radius 3 is 2.68 bits per heavy atom. The van der Waals surface area contributed by atoms with Crippen molar-refractivity contribution in [2.45, 2.75) is 13.5 Å². The van der Waals surface area contributed by atoms with Crippen LogP contribution in [0.5, 0.6) is 0 Å². The van der Waals surface area contributed by atoms with Gasteiger partial charge in [-0.2, -0.15) is 0 Å². The van der Waals surface area contributed by atoms with Gasteiger partial charge in [0.05, 0.1) is 12.1 Å². The number of carbonyl (C=O) groups excluding carboxylic acids is 1. The number of rotatable bonds is 3. The summed E-state index contributed by atoms with van der Waals surface area (Å²) in [5.41, 5.74) is 13.4. The highest BCUT2D eigenvalue weighted by molar-refractivity contribution is 5.99. The summed E-state index contributed by atoms with van der Waals surface area (Å²) in [4.78, 5) is 13.8. The molecule has 0 aliphatic rings. The Morgan fingerprint density at radius 2 is 2.11 bits per heavy atom. The van der Waals surface area contributed by atoms with Gasteiger partial charge in [-0.1, -0.05) is 5.16 Å². The zero-order chi connectivity index (χ0) is 14.0. The van der Waals surface area contributed by atoms with Gasteiger partial charge in [-0.15, -0.1) is 0 Å². The fourth-order valence-corrected chi connectivity index (χ4v) is 1.79. The first-order chi connectivity index (χ1) is 8.97. The van der Waals surface area contributed by atoms with E-state index in [4.69, 9.17) is 16.0 Å². The molecule has 0 unspecified atom stereocenters. The summed E-state index contributed by atoms with van der Waals surface area (Å²) in [6.07, 6.45) is 0. The standard InChI is InChI=1S/C13H16N4O2/c1-8-5-10(16-19-8)7-17(2)13(18)11-4-3-9(14)6-12(11)15/h3-6H,7,14-15H2,1-2H3. The van der Waals surface area contributed by atoms with Crippen LogP contribution in [0.2, 0.25) is 0 Å². The van der Waals surface area contributed by atoms with Crippen LogP contribution < -0.4 is 11.5 Å². The predicted octanol–water partition coefficient (Wildman–Crippen LogP) is 1.42. The van der Waals surface area contributed by atoms with Gasteiger partial charge >= 0.3 is 0 Å². The van der Waals surface area contributed by atoms with Crippen molar-refractivity contribution in [3.05, 3.63) is 41.3 Å². The van der Waals surface area contributed by atoms with Gasteiger partial charge in [0, 0.05) is 24.5 Å². The lowest BCUT2D eigenvalue weighted by Gasteiger charge is -2.16. The molecule has 0 atom stereocenters. The van der Waals surface area contributed by atoms with E-state index >= 15 is 0 Å². The summed E-state index contributed by atoms with van der Waals surface area (Å²) in [6, 6.07) is 6.63. The van der Waals surface area contributed by atoms with Gasteiger partial charge in [-0.05, 0) is 25.1 Å². The van der Waals surface area contributed by atoms with E-state index in [1.807, 2.05) is 0 Å². The van der Waals surface area contributed by atoms with Gasteiger partial charge in [0.25, 0.3) is 5.91 Å². The average Bonchev–Trinajstić information content (AvgIpc) is 2.74. The quantitative estimate of drug-likeness (QED) is 0.813. The van der Waals surface area contributed by atoms with Crippen molar-refractivity contribution < 1.29 is 9.32 Å². The van der Waals surface area contributed by atoms with E-state index in [1.54, 1.807) is 38.2 Å². The van der Waals surface area contributed by atoms with Crippen LogP contribution in [-0.4, -0.2) is 23.0 Å². The van der Waals surface area contributed by atoms with Crippen molar-refractivity contribution in [3.8, 4) is 0 Å². The lowest BCUT2D eigenvalue weighted by molar-refractivity contribution is 0.0783. The molecule has 0 spiro atoms. The summed E-state index contributed by atoms with van der Waals surface area (Å²) < 4.78 is 4.96. The number of hydrogen-bond donors (Lipinski definition) is 2. The molecule has 1 heterocycles. The molecule has 1 aromatic heterocycles. The molecule has 2 rings (SSSR count). The minimum Gasteiger partial charge on any atom is -0.399 e. The molecule has 0 aliphatic carbocycles. The van der Waals surface area contributed by atoms with Crippen LogP contribution in [0.1, 0.15) is 21.8 Å². The molecule has 0 fully saturated rings. The maximum absolute atomic E-state index is 12.2. The van der Waals surface area contributed by atoms with E-state index < -0.39 is 0 Å². The van der Waals surface area contributed by atoms with Crippen molar-refractivity contribution >= 4 is 17.3 Å². The zero-order valence-electron chi connectivity index (χ0n) is 10.9. The number of carbonyl (C=O) groups is 1. The number of amides is 1. The van der Waals surface area contributed by atoms with Crippen LogP contribution in [0.25, 0.3) is 0 Å². The SMILES string of the molecule is Cc1cc(CN(C)C(=O)c2ccc(N)cc2N)no1. The fourth-order valence-electron chi connectivity index (χ4n) is 1.79. The molecule has 1 aromatic carbocycles. The Balaban J connectivity index is 2.14. The number of benzene rings is 1. The molecule has 4 N–H and O–H groups in total. The fraction of sp³-hybridized carbons (Fsp3) is 0.231. The minimum absolute atomic E-state index is 0.182. The molecule has 2 aromatic rings. The Bertz CT molecular complexity index is 606. The predicted molar refractivity (Wildman–Crippen MR) is 72.3 cm³/mol. The number of aromatic nitrogens is 1. The zero-order valence-corrected chi connectivity index (χ0v) is 10.9. The first-order valence-electron chi connectivity index (χ1n) is 5.80. The molecular weight excluding hydrogens is 244 g/mol. The molecule has 19 heavy (non-hydrogen) atoms. The molecule has 0 bridgehead atoms. The van der Waals surface area contributed by atoms with E-state index in [0.29, 0.717) is 34.9 Å². The summed E-state index contributed by atoms with van der Waals surface area (Å²) in [5.74, 6) is 0.529. The molecule has 1 amide bonds. The molecule has 0 radical (unpaired) electrons. The summed E-state index contributed by atoms with van der Waals surface area (Å²) in [6.45, 7) is 2.16. The number of nitrogen functional groups attached to an aromatic ring is 2. The van der Waals surface area contributed by atoms with E-state index in [2.05, 4.69) is 5.16 Å². The van der Waals surface area contributed by atoms with Crippen molar-refractivity contribution in [2.75, 3.05) is 18.5 Å². The van der Waals surface area contributed by atoms with Crippen LogP contribution in [0.15, 0.2) is 28.8 Å². The lowest BCUT2D eigenvalue weighted by atomic mass is 10.1. The van der Waals surface area contributed by atoms with Crippen LogP contribution in [-0.2, 0) is 6.54 Å². The highest BCUT2D eigenvalue weighted by Gasteiger charge is 2.16. The van der Waals surface area contributed by atoms with Crippen LogP contribution in [0.3, 0.4) is 0 Å². The highest BCUT2D eigenvalue weighted by Crippen LogP contribution is 2.18. The number of anilines is 2. The van der Waals surface area contributed by atoms with E-state index in [1.165, 1.54) is 4.90 Å². The molecule has 6 heteroatoms. The van der Waals surface area contributed by atoms with Crippen molar-refractivity contribution in [3.63, 3.8) is 0 Å². The molecule has 0 saturated heterocycles. The first-order valence-corrected chi connectivity index (χ1v) is 5.80. The first kappa shape index (κ1) is 12.9. The average molecular weight is 260 g/mol. The van der Waals surface area contributed by atoms with Crippen molar-refractivity contribution in [1.29, 1.82) is 0 Å². The second-order valence-electron chi connectivity index (χ2n) is 4.44. The summed E-state index contributed by atoms with van der Waals surface area (Å²) >= 11 is 0. The summed E-state index contributed by atoms with van der Waals surface area (Å²) in [5, 5.41) is 3.85. The highest BCUT2D eigenvalue weighted by atomic mass is 16.5. The maximum atomic E-state index is 12.2. The van der Waals surface area contributed by atoms with Gasteiger partial charge in [-0.25, -0.2) is 0 Å². The van der Waals surface area contributed by atoms with Crippen LogP contribution in [0.4, 0.5) is 11.4 Å². The largest absolute Gasteiger partial charge is 0.399 e. The normalized spacial score (nSPS) is 10.4. The van der Waals surface area contributed by atoms with Crippen LogP contribution in [0, 0.1) is 6.92 Å². The monoisotopic (exact) mass is 260 g/mol. The van der Waals surface area contributed by atoms with Crippen LogP contribution >= 0.6 is 0 Å². The maximum Gasteiger partial charge on any atom is 0.256 e. The van der Waals surface area contributed by atoms with E-state index in [0.717, 1.165) is 0 Å². The third-order valence-corrected chi connectivity index (χ3v) is 2.73. The number of hydrogen-bond acceptors (Lipinski definition) is 5. The Morgan fingerprint density at radius 1 is 1.37 bits per heavy atom. The lowest BCUT2D eigenvalue weighted by Crippen LogP contribution is -2.27. The molecule has 6 nitrogen and oxygen atoms in total. The molecule has 0 aliphatic heterocycles. The third-order valence-electron chi connectivity index (χ3n) is 2.73. The Kier molecular flexibility index (Phi) is 3.41. The third kappa shape index (κ3) is 2.85. The number of aryl methyl sites for hydroxylation is 1. The smallest absolute Gasteiger partial charge is 0.256 e. The summed E-state index contributed by atoms with van der Waals surface area (Å²) in [7, 11) is 1.68. The number of nitrogens with zero attached hydrogens (tertiary/aromatic N) is 2. The van der Waals surface area contributed by atoms with E-state index in [-0.39, 0.29) is 5.91 Å². The Hall–Kier alpha value is -2.50. The van der Waals surface area contributed by atoms with Gasteiger partial charge in [0.15, 0.2) is 0 Å². The van der Waals surface area contributed by atoms with Gasteiger partial charge in [-0.3, -0.25) is 4.79 Å². The number of nitrogens with two attached hydrogens (primary N) is 2. The molecule has 0 saturated carbocycles. The second kappa shape index (κ2) is 5.01. The molecule has 100 valence electrons. The van der Waals surface area contributed by atoms with Gasteiger partial charge in [0.1, 0.15) is 11.5 Å². The van der Waals surface area contributed by atoms with Crippen molar-refractivity contribution in [2.24, 2.45) is 0 Å². The minimum atomic E-state index is -0.182. The van der Waals surface area contributed by atoms with Gasteiger partial charge < -0.3 is 20.9 Å². The topological polar surface area (TPSA) is 98.4 Å². The van der Waals surface area contributed by atoms with E-state index in [9.17, 15) is 4.79 Å². The molecular formula is C13H16N4O2. The van der Waals surface area contributed by atoms with Gasteiger partial charge in [0.2, 0.25) is 0 Å². The van der Waals surface area contributed by atoms with Crippen molar-refractivity contribution in [1.82, 2.24) is 10.1 Å².